The number of thiophene rings is 1. The van der Waals surface area contributed by atoms with Gasteiger partial charge < -0.3 is 5.32 Å². The van der Waals surface area contributed by atoms with Crippen LogP contribution in [-0.4, -0.2) is 25.1 Å². The van der Waals surface area contributed by atoms with Crippen LogP contribution in [0.3, 0.4) is 0 Å². The number of hydrogen-bond donors (Lipinski definition) is 2. The summed E-state index contributed by atoms with van der Waals surface area (Å²) in [5.74, 6) is 1.61. The van der Waals surface area contributed by atoms with Crippen molar-refractivity contribution in [1.29, 1.82) is 0 Å². The maximum Gasteiger partial charge on any atom is 0.146 e. The van der Waals surface area contributed by atoms with Gasteiger partial charge in [0.25, 0.3) is 0 Å². The Morgan fingerprint density at radius 1 is 1.28 bits per heavy atom. The summed E-state index contributed by atoms with van der Waals surface area (Å²) in [4.78, 5) is 14.9. The molecule has 1 unspecified atom stereocenters. The van der Waals surface area contributed by atoms with E-state index in [4.69, 9.17) is 0 Å². The van der Waals surface area contributed by atoms with Gasteiger partial charge in [-0.3, -0.25) is 5.10 Å². The standard InChI is InChI=1S/C11H12N6S/c1-6-3-8-10(12-4-14-11(8)18-6)16-7(2)9-13-5-15-17-9/h3-5,7H,1-2H3,(H,12,14,16)(H,13,15,17). The molecular formula is C11H12N6S. The predicted octanol–water partition coefficient (Wildman–Crippen LogP) is 2.29. The van der Waals surface area contributed by atoms with Crippen molar-refractivity contribution >= 4 is 27.4 Å². The molecule has 0 fully saturated rings. The topological polar surface area (TPSA) is 79.4 Å². The summed E-state index contributed by atoms with van der Waals surface area (Å²) < 4.78 is 0. The van der Waals surface area contributed by atoms with E-state index in [1.54, 1.807) is 17.7 Å². The molecule has 0 aromatic carbocycles. The first kappa shape index (κ1) is 11.1. The van der Waals surface area contributed by atoms with E-state index >= 15 is 0 Å². The third-order valence-electron chi connectivity index (χ3n) is 2.65. The minimum Gasteiger partial charge on any atom is -0.360 e. The van der Waals surface area contributed by atoms with Crippen molar-refractivity contribution < 1.29 is 0 Å². The number of aromatic amines is 1. The van der Waals surface area contributed by atoms with Crippen LogP contribution in [0, 0.1) is 6.92 Å². The Labute approximate surface area is 108 Å². The van der Waals surface area contributed by atoms with Crippen LogP contribution in [0.4, 0.5) is 5.82 Å². The van der Waals surface area contributed by atoms with Gasteiger partial charge in [-0.25, -0.2) is 15.0 Å². The number of nitrogens with one attached hydrogen (secondary N) is 2. The fraction of sp³-hybridized carbons (Fsp3) is 0.273. The van der Waals surface area contributed by atoms with E-state index in [0.29, 0.717) is 0 Å². The first-order chi connectivity index (χ1) is 8.74. The summed E-state index contributed by atoms with van der Waals surface area (Å²) >= 11 is 1.66. The number of fused-ring (bicyclic) bond motifs is 1. The van der Waals surface area contributed by atoms with Crippen LogP contribution in [0.25, 0.3) is 10.2 Å². The van der Waals surface area contributed by atoms with Gasteiger partial charge in [-0.05, 0) is 19.9 Å². The maximum atomic E-state index is 4.29. The lowest BCUT2D eigenvalue weighted by atomic mass is 10.3. The summed E-state index contributed by atoms with van der Waals surface area (Å²) in [6, 6.07) is 2.11. The van der Waals surface area contributed by atoms with E-state index in [1.807, 2.05) is 6.92 Å². The van der Waals surface area contributed by atoms with Gasteiger partial charge in [-0.2, -0.15) is 5.10 Å². The zero-order valence-electron chi connectivity index (χ0n) is 10.0. The van der Waals surface area contributed by atoms with Crippen molar-refractivity contribution in [3.8, 4) is 0 Å². The fourth-order valence-electron chi connectivity index (χ4n) is 1.79. The molecule has 0 radical (unpaired) electrons. The van der Waals surface area contributed by atoms with E-state index in [9.17, 15) is 0 Å². The van der Waals surface area contributed by atoms with Crippen molar-refractivity contribution in [2.75, 3.05) is 5.32 Å². The zero-order valence-corrected chi connectivity index (χ0v) is 10.8. The Morgan fingerprint density at radius 2 is 2.17 bits per heavy atom. The molecule has 0 amide bonds. The van der Waals surface area contributed by atoms with Gasteiger partial charge in [0.05, 0.1) is 11.4 Å². The van der Waals surface area contributed by atoms with Gasteiger partial charge in [0.15, 0.2) is 0 Å². The van der Waals surface area contributed by atoms with Crippen LogP contribution in [0.1, 0.15) is 23.7 Å². The number of H-pyrrole nitrogens is 1. The molecule has 3 aromatic rings. The molecule has 7 heteroatoms. The van der Waals surface area contributed by atoms with E-state index in [-0.39, 0.29) is 6.04 Å². The highest BCUT2D eigenvalue weighted by Crippen LogP contribution is 2.28. The number of aryl methyl sites for hydroxylation is 1. The summed E-state index contributed by atoms with van der Waals surface area (Å²) in [7, 11) is 0. The van der Waals surface area contributed by atoms with Crippen LogP contribution in [0.15, 0.2) is 18.7 Å². The third-order valence-corrected chi connectivity index (χ3v) is 3.61. The van der Waals surface area contributed by atoms with Crippen molar-refractivity contribution in [2.24, 2.45) is 0 Å². The highest BCUT2D eigenvalue weighted by Gasteiger charge is 2.12. The van der Waals surface area contributed by atoms with Crippen molar-refractivity contribution in [3.05, 3.63) is 29.4 Å². The Balaban J connectivity index is 1.95. The SMILES string of the molecule is Cc1cc2c(NC(C)c3ncn[nH]3)ncnc2s1. The molecule has 0 saturated carbocycles. The van der Waals surface area contributed by atoms with Crippen LogP contribution < -0.4 is 5.32 Å². The minimum absolute atomic E-state index is 0.0193. The second-order valence-electron chi connectivity index (χ2n) is 4.03. The normalized spacial score (nSPS) is 12.8. The Bertz CT molecular complexity index is 659. The Morgan fingerprint density at radius 3 is 2.94 bits per heavy atom. The molecule has 0 aliphatic rings. The summed E-state index contributed by atoms with van der Waals surface area (Å²) in [6.07, 6.45) is 3.07. The van der Waals surface area contributed by atoms with Gasteiger partial charge in [0, 0.05) is 4.88 Å². The monoisotopic (exact) mass is 260 g/mol. The highest BCUT2D eigenvalue weighted by atomic mass is 32.1. The Kier molecular flexibility index (Phi) is 2.67. The molecule has 92 valence electrons. The highest BCUT2D eigenvalue weighted by molar-refractivity contribution is 7.18. The lowest BCUT2D eigenvalue weighted by Crippen LogP contribution is -2.09. The number of aromatic nitrogens is 5. The second-order valence-corrected chi connectivity index (χ2v) is 5.27. The molecule has 0 saturated heterocycles. The molecular weight excluding hydrogens is 248 g/mol. The molecule has 3 rings (SSSR count). The van der Waals surface area contributed by atoms with E-state index in [0.717, 1.165) is 21.9 Å². The van der Waals surface area contributed by atoms with Crippen molar-refractivity contribution in [1.82, 2.24) is 25.1 Å². The maximum absolute atomic E-state index is 4.29. The smallest absolute Gasteiger partial charge is 0.146 e. The number of nitrogens with zero attached hydrogens (tertiary/aromatic N) is 4. The average molecular weight is 260 g/mol. The summed E-state index contributed by atoms with van der Waals surface area (Å²) in [5, 5.41) is 11.1. The summed E-state index contributed by atoms with van der Waals surface area (Å²) in [6.45, 7) is 4.07. The molecule has 1 atom stereocenters. The Hall–Kier alpha value is -2.02. The molecule has 3 aromatic heterocycles. The average Bonchev–Trinajstić information content (AvgIpc) is 2.96. The quantitative estimate of drug-likeness (QED) is 0.755. The first-order valence-corrected chi connectivity index (χ1v) is 6.38. The lowest BCUT2D eigenvalue weighted by molar-refractivity contribution is 0.791. The van der Waals surface area contributed by atoms with Crippen LogP contribution in [0.5, 0.6) is 0 Å². The molecule has 18 heavy (non-hydrogen) atoms. The van der Waals surface area contributed by atoms with Crippen LogP contribution >= 0.6 is 11.3 Å². The zero-order chi connectivity index (χ0) is 12.5. The molecule has 0 bridgehead atoms. The lowest BCUT2D eigenvalue weighted by Gasteiger charge is -2.11. The van der Waals surface area contributed by atoms with Crippen molar-refractivity contribution in [2.45, 2.75) is 19.9 Å². The first-order valence-electron chi connectivity index (χ1n) is 5.57. The van der Waals surface area contributed by atoms with E-state index < -0.39 is 0 Å². The molecule has 0 aliphatic heterocycles. The van der Waals surface area contributed by atoms with Crippen LogP contribution in [0.2, 0.25) is 0 Å². The third kappa shape index (κ3) is 1.92. The van der Waals surface area contributed by atoms with Gasteiger partial charge in [-0.15, -0.1) is 11.3 Å². The van der Waals surface area contributed by atoms with Gasteiger partial charge >= 0.3 is 0 Å². The van der Waals surface area contributed by atoms with E-state index in [1.165, 1.54) is 11.2 Å². The molecule has 2 N–H and O–H groups in total. The number of hydrogen-bond acceptors (Lipinski definition) is 6. The second kappa shape index (κ2) is 4.34. The molecule has 0 aliphatic carbocycles. The minimum atomic E-state index is 0.0193. The number of anilines is 1. The largest absolute Gasteiger partial charge is 0.360 e. The summed E-state index contributed by atoms with van der Waals surface area (Å²) in [5.41, 5.74) is 0. The molecule has 3 heterocycles. The molecule has 6 nitrogen and oxygen atoms in total. The van der Waals surface area contributed by atoms with Gasteiger partial charge in [0.2, 0.25) is 0 Å². The van der Waals surface area contributed by atoms with Crippen LogP contribution in [-0.2, 0) is 0 Å². The predicted molar refractivity (Wildman–Crippen MR) is 70.6 cm³/mol. The van der Waals surface area contributed by atoms with Gasteiger partial charge in [-0.1, -0.05) is 0 Å². The van der Waals surface area contributed by atoms with Gasteiger partial charge in [0.1, 0.15) is 29.1 Å². The molecule has 0 spiro atoms. The fourth-order valence-corrected chi connectivity index (χ4v) is 2.64. The number of rotatable bonds is 3. The van der Waals surface area contributed by atoms with E-state index in [2.05, 4.69) is 43.5 Å². The van der Waals surface area contributed by atoms with Crippen molar-refractivity contribution in [3.63, 3.8) is 0 Å².